The summed E-state index contributed by atoms with van der Waals surface area (Å²) in [4.78, 5) is 14.5. The van der Waals surface area contributed by atoms with Crippen molar-refractivity contribution in [2.75, 3.05) is 19.7 Å². The number of hydrogen-bond acceptors (Lipinski definition) is 3. The van der Waals surface area contributed by atoms with Gasteiger partial charge in [-0.15, -0.1) is 0 Å². The van der Waals surface area contributed by atoms with Crippen LogP contribution in [0, 0.1) is 5.41 Å². The normalized spacial score (nSPS) is 32.3. The molecule has 2 saturated heterocycles. The number of ether oxygens (including phenoxy) is 1. The first kappa shape index (κ1) is 12.4. The van der Waals surface area contributed by atoms with Crippen molar-refractivity contribution in [3.63, 3.8) is 0 Å². The minimum atomic E-state index is -0.131. The monoisotopic (exact) mass is 271 g/mol. The molecule has 106 valence electrons. The summed E-state index contributed by atoms with van der Waals surface area (Å²) in [5, 5.41) is 0. The van der Waals surface area contributed by atoms with E-state index in [1.165, 1.54) is 12.0 Å². The highest BCUT2D eigenvalue weighted by Gasteiger charge is 2.50. The van der Waals surface area contributed by atoms with Crippen molar-refractivity contribution in [1.82, 2.24) is 4.90 Å². The van der Waals surface area contributed by atoms with E-state index in [2.05, 4.69) is 35.2 Å². The lowest BCUT2D eigenvalue weighted by Gasteiger charge is -2.36. The van der Waals surface area contributed by atoms with Crippen molar-refractivity contribution in [3.8, 4) is 0 Å². The number of piperidine rings is 1. The SMILES string of the molecule is O=C1OCCC12CCN(C1CC1c1ccccc1)CC2. The van der Waals surface area contributed by atoms with E-state index in [1.807, 2.05) is 0 Å². The van der Waals surface area contributed by atoms with E-state index >= 15 is 0 Å². The van der Waals surface area contributed by atoms with E-state index in [-0.39, 0.29) is 11.4 Å². The maximum absolute atomic E-state index is 11.9. The molecule has 1 aliphatic carbocycles. The fraction of sp³-hybridized carbons (Fsp3) is 0.588. The van der Waals surface area contributed by atoms with E-state index in [1.54, 1.807) is 0 Å². The average Bonchev–Trinajstić information content (AvgIpc) is 3.22. The molecule has 3 fully saturated rings. The van der Waals surface area contributed by atoms with Gasteiger partial charge >= 0.3 is 5.97 Å². The van der Waals surface area contributed by atoms with E-state index in [0.29, 0.717) is 18.6 Å². The smallest absolute Gasteiger partial charge is 0.312 e. The molecular formula is C17H21NO2. The summed E-state index contributed by atoms with van der Waals surface area (Å²) in [5.74, 6) is 0.772. The molecule has 3 aliphatic rings. The average molecular weight is 271 g/mol. The third-order valence-corrected chi connectivity index (χ3v) is 5.46. The second kappa shape index (κ2) is 4.59. The molecule has 0 amide bonds. The van der Waals surface area contributed by atoms with Crippen LogP contribution in [-0.4, -0.2) is 36.6 Å². The van der Waals surface area contributed by atoms with Crippen LogP contribution in [0.4, 0.5) is 0 Å². The maximum Gasteiger partial charge on any atom is 0.312 e. The molecule has 2 heterocycles. The van der Waals surface area contributed by atoms with Crippen molar-refractivity contribution in [1.29, 1.82) is 0 Å². The van der Waals surface area contributed by atoms with Gasteiger partial charge in [0.05, 0.1) is 12.0 Å². The van der Waals surface area contributed by atoms with Crippen LogP contribution in [0.2, 0.25) is 0 Å². The summed E-state index contributed by atoms with van der Waals surface area (Å²) in [5.41, 5.74) is 1.34. The van der Waals surface area contributed by atoms with Crippen LogP contribution >= 0.6 is 0 Å². The molecule has 2 aliphatic heterocycles. The zero-order chi connectivity index (χ0) is 13.6. The van der Waals surface area contributed by atoms with Crippen molar-refractivity contribution >= 4 is 5.97 Å². The van der Waals surface area contributed by atoms with E-state index in [0.717, 1.165) is 32.4 Å². The molecule has 0 aromatic heterocycles. The van der Waals surface area contributed by atoms with Gasteiger partial charge < -0.3 is 4.74 Å². The first-order valence-electron chi connectivity index (χ1n) is 7.75. The maximum atomic E-state index is 11.9. The van der Waals surface area contributed by atoms with Crippen LogP contribution in [0.1, 0.15) is 37.2 Å². The Balaban J connectivity index is 1.38. The number of benzene rings is 1. The van der Waals surface area contributed by atoms with Crippen molar-refractivity contribution in [2.45, 2.75) is 37.6 Å². The summed E-state index contributed by atoms with van der Waals surface area (Å²) >= 11 is 0. The number of esters is 1. The van der Waals surface area contributed by atoms with E-state index < -0.39 is 0 Å². The van der Waals surface area contributed by atoms with Crippen LogP contribution in [0.5, 0.6) is 0 Å². The molecule has 20 heavy (non-hydrogen) atoms. The Kier molecular flexibility index (Phi) is 2.84. The van der Waals surface area contributed by atoms with Gasteiger partial charge in [0.15, 0.2) is 0 Å². The summed E-state index contributed by atoms with van der Waals surface area (Å²) in [6.45, 7) is 2.75. The van der Waals surface area contributed by atoms with Crippen molar-refractivity contribution in [3.05, 3.63) is 35.9 Å². The lowest BCUT2D eigenvalue weighted by Crippen LogP contribution is -2.43. The molecule has 4 rings (SSSR count). The Morgan fingerprint density at radius 2 is 1.85 bits per heavy atom. The van der Waals surface area contributed by atoms with Crippen molar-refractivity contribution < 1.29 is 9.53 Å². The predicted molar refractivity (Wildman–Crippen MR) is 76.4 cm³/mol. The number of nitrogens with zero attached hydrogens (tertiary/aromatic N) is 1. The molecule has 1 saturated carbocycles. The second-order valence-corrected chi connectivity index (χ2v) is 6.52. The Labute approximate surface area is 119 Å². The van der Waals surface area contributed by atoms with Crippen molar-refractivity contribution in [2.24, 2.45) is 5.41 Å². The quantitative estimate of drug-likeness (QED) is 0.774. The van der Waals surface area contributed by atoms with Crippen LogP contribution in [0.25, 0.3) is 0 Å². The molecule has 3 heteroatoms. The lowest BCUT2D eigenvalue weighted by molar-refractivity contribution is -0.148. The number of likely N-dealkylation sites (tertiary alicyclic amines) is 1. The van der Waals surface area contributed by atoms with Gasteiger partial charge in [-0.05, 0) is 44.3 Å². The van der Waals surface area contributed by atoms with Gasteiger partial charge in [0.2, 0.25) is 0 Å². The Morgan fingerprint density at radius 1 is 1.10 bits per heavy atom. The molecule has 2 atom stereocenters. The summed E-state index contributed by atoms with van der Waals surface area (Å²) in [7, 11) is 0. The zero-order valence-corrected chi connectivity index (χ0v) is 11.8. The Hall–Kier alpha value is -1.35. The fourth-order valence-corrected chi connectivity index (χ4v) is 3.98. The molecule has 1 aromatic carbocycles. The Morgan fingerprint density at radius 3 is 2.50 bits per heavy atom. The van der Waals surface area contributed by atoms with Crippen LogP contribution in [0.3, 0.4) is 0 Å². The second-order valence-electron chi connectivity index (χ2n) is 6.52. The van der Waals surface area contributed by atoms with Crippen LogP contribution in [-0.2, 0) is 9.53 Å². The topological polar surface area (TPSA) is 29.5 Å². The fourth-order valence-electron chi connectivity index (χ4n) is 3.98. The molecule has 2 unspecified atom stereocenters. The van der Waals surface area contributed by atoms with Gasteiger partial charge in [-0.1, -0.05) is 30.3 Å². The number of carbonyl (C=O) groups is 1. The number of cyclic esters (lactones) is 1. The van der Waals surface area contributed by atoms with Gasteiger partial charge in [0, 0.05) is 12.0 Å². The number of hydrogen-bond donors (Lipinski definition) is 0. The van der Waals surface area contributed by atoms with Gasteiger partial charge in [-0.2, -0.15) is 0 Å². The van der Waals surface area contributed by atoms with Gasteiger partial charge in [-0.25, -0.2) is 0 Å². The Bertz CT molecular complexity index is 505. The minimum Gasteiger partial charge on any atom is -0.465 e. The molecule has 0 N–H and O–H groups in total. The van der Waals surface area contributed by atoms with Crippen LogP contribution < -0.4 is 0 Å². The lowest BCUT2D eigenvalue weighted by atomic mass is 9.77. The van der Waals surface area contributed by atoms with Gasteiger partial charge in [-0.3, -0.25) is 9.69 Å². The summed E-state index contributed by atoms with van der Waals surface area (Å²) in [6, 6.07) is 11.5. The molecule has 1 spiro atoms. The molecule has 3 nitrogen and oxygen atoms in total. The molecule has 1 aromatic rings. The van der Waals surface area contributed by atoms with E-state index in [9.17, 15) is 4.79 Å². The number of carbonyl (C=O) groups excluding carboxylic acids is 1. The highest BCUT2D eigenvalue weighted by Crippen LogP contribution is 2.48. The molecular weight excluding hydrogens is 250 g/mol. The first-order valence-corrected chi connectivity index (χ1v) is 7.75. The highest BCUT2D eigenvalue weighted by molar-refractivity contribution is 5.78. The minimum absolute atomic E-state index is 0.0626. The highest BCUT2D eigenvalue weighted by atomic mass is 16.5. The largest absolute Gasteiger partial charge is 0.465 e. The van der Waals surface area contributed by atoms with Gasteiger partial charge in [0.25, 0.3) is 0 Å². The summed E-state index contributed by atoms with van der Waals surface area (Å²) in [6.07, 6.45) is 4.20. The molecule has 0 bridgehead atoms. The summed E-state index contributed by atoms with van der Waals surface area (Å²) < 4.78 is 5.19. The first-order chi connectivity index (χ1) is 9.78. The third-order valence-electron chi connectivity index (χ3n) is 5.46. The van der Waals surface area contributed by atoms with E-state index in [4.69, 9.17) is 4.74 Å². The zero-order valence-electron chi connectivity index (χ0n) is 11.8. The molecule has 0 radical (unpaired) electrons. The van der Waals surface area contributed by atoms with Crippen LogP contribution in [0.15, 0.2) is 30.3 Å². The van der Waals surface area contributed by atoms with Gasteiger partial charge in [0.1, 0.15) is 0 Å². The third kappa shape index (κ3) is 1.96. The number of rotatable bonds is 2. The predicted octanol–water partition coefficient (Wildman–Crippen LogP) is 2.57. The standard InChI is InChI=1S/C17H21NO2/c19-16-17(8-11-20-16)6-9-18(10-7-17)15-12-14(15)13-4-2-1-3-5-13/h1-5,14-15H,6-12H2.